The molecular formula is C18H20FNOS. The van der Waals surface area contributed by atoms with Crippen LogP contribution in [-0.2, 0) is 11.2 Å². The highest BCUT2D eigenvalue weighted by atomic mass is 32.1. The van der Waals surface area contributed by atoms with Crippen molar-refractivity contribution >= 4 is 17.2 Å². The summed E-state index contributed by atoms with van der Waals surface area (Å²) in [6.45, 7) is 1.84. The summed E-state index contributed by atoms with van der Waals surface area (Å²) in [6.07, 6.45) is 4.90. The molecule has 0 unspecified atom stereocenters. The number of rotatable bonds is 4. The largest absolute Gasteiger partial charge is 0.343 e. The average molecular weight is 317 g/mol. The maximum atomic E-state index is 13.0. The predicted molar refractivity (Wildman–Crippen MR) is 88.5 cm³/mol. The minimum atomic E-state index is -0.215. The van der Waals surface area contributed by atoms with Crippen molar-refractivity contribution in [3.63, 3.8) is 0 Å². The van der Waals surface area contributed by atoms with Gasteiger partial charge in [0.25, 0.3) is 0 Å². The second kappa shape index (κ2) is 7.05. The molecule has 1 aromatic carbocycles. The number of likely N-dealkylation sites (tertiary alicyclic amines) is 1. The Morgan fingerprint density at radius 1 is 1.05 bits per heavy atom. The molecule has 0 saturated carbocycles. The van der Waals surface area contributed by atoms with Gasteiger partial charge in [0.05, 0.1) is 0 Å². The second-order valence-electron chi connectivity index (χ2n) is 5.71. The van der Waals surface area contributed by atoms with Crippen molar-refractivity contribution in [2.45, 2.75) is 32.1 Å². The predicted octanol–water partition coefficient (Wildman–Crippen LogP) is 4.50. The molecule has 1 aromatic heterocycles. The van der Waals surface area contributed by atoms with E-state index in [1.807, 2.05) is 4.90 Å². The van der Waals surface area contributed by atoms with E-state index in [9.17, 15) is 9.18 Å². The summed E-state index contributed by atoms with van der Waals surface area (Å²) in [6, 6.07) is 10.7. The van der Waals surface area contributed by atoms with Crippen LogP contribution in [0.15, 0.2) is 36.4 Å². The van der Waals surface area contributed by atoms with Crippen LogP contribution < -0.4 is 0 Å². The molecule has 3 rings (SSSR count). The molecule has 2 aromatic rings. The third-order valence-corrected chi connectivity index (χ3v) is 5.28. The molecule has 0 bridgehead atoms. The zero-order valence-electron chi connectivity index (χ0n) is 12.6. The number of nitrogens with zero attached hydrogens (tertiary/aromatic N) is 1. The molecule has 0 radical (unpaired) electrons. The molecule has 2 nitrogen and oxygen atoms in total. The first-order valence-corrected chi connectivity index (χ1v) is 8.66. The number of halogens is 1. The summed E-state index contributed by atoms with van der Waals surface area (Å²) in [4.78, 5) is 16.5. The molecule has 0 aliphatic carbocycles. The van der Waals surface area contributed by atoms with Gasteiger partial charge in [-0.05, 0) is 55.5 Å². The molecule has 22 heavy (non-hydrogen) atoms. The molecule has 1 saturated heterocycles. The standard InChI is InChI=1S/C18H20FNOS/c19-15-6-4-14(5-7-15)17-10-8-16(22-17)9-11-18(21)20-12-2-1-3-13-20/h4-8,10H,1-3,9,11-13H2. The minimum Gasteiger partial charge on any atom is -0.343 e. The molecule has 0 spiro atoms. The minimum absolute atomic E-state index is 0.215. The Morgan fingerprint density at radius 2 is 1.77 bits per heavy atom. The van der Waals surface area contributed by atoms with Gasteiger partial charge >= 0.3 is 0 Å². The molecule has 1 aliphatic heterocycles. The van der Waals surface area contributed by atoms with Crippen LogP contribution in [0, 0.1) is 5.82 Å². The molecule has 1 aliphatic rings. The van der Waals surface area contributed by atoms with Gasteiger partial charge in [-0.2, -0.15) is 0 Å². The first kappa shape index (κ1) is 15.2. The lowest BCUT2D eigenvalue weighted by atomic mass is 10.1. The van der Waals surface area contributed by atoms with Crippen LogP contribution in [0.4, 0.5) is 4.39 Å². The topological polar surface area (TPSA) is 20.3 Å². The van der Waals surface area contributed by atoms with Gasteiger partial charge < -0.3 is 4.90 Å². The van der Waals surface area contributed by atoms with Crippen LogP contribution in [0.25, 0.3) is 10.4 Å². The zero-order valence-corrected chi connectivity index (χ0v) is 13.4. The normalized spacial score (nSPS) is 15.0. The first-order valence-electron chi connectivity index (χ1n) is 7.85. The first-order chi connectivity index (χ1) is 10.7. The van der Waals surface area contributed by atoms with E-state index in [0.717, 1.165) is 42.8 Å². The Morgan fingerprint density at radius 3 is 2.50 bits per heavy atom. The number of piperidine rings is 1. The van der Waals surface area contributed by atoms with Gasteiger partial charge in [0.1, 0.15) is 5.82 Å². The highest BCUT2D eigenvalue weighted by Crippen LogP contribution is 2.29. The number of aryl methyl sites for hydroxylation is 1. The van der Waals surface area contributed by atoms with Gasteiger partial charge in [-0.1, -0.05) is 12.1 Å². The van der Waals surface area contributed by atoms with Crippen molar-refractivity contribution in [2.75, 3.05) is 13.1 Å². The fourth-order valence-electron chi connectivity index (χ4n) is 2.81. The van der Waals surface area contributed by atoms with Crippen molar-refractivity contribution in [3.05, 3.63) is 47.1 Å². The van der Waals surface area contributed by atoms with Crippen LogP contribution >= 0.6 is 11.3 Å². The summed E-state index contributed by atoms with van der Waals surface area (Å²) in [5, 5.41) is 0. The Hall–Kier alpha value is -1.68. The molecule has 1 amide bonds. The van der Waals surface area contributed by atoms with Gasteiger partial charge in [-0.25, -0.2) is 4.39 Å². The summed E-state index contributed by atoms with van der Waals surface area (Å²) < 4.78 is 13.0. The summed E-state index contributed by atoms with van der Waals surface area (Å²) in [5.74, 6) is 0.0593. The summed E-state index contributed by atoms with van der Waals surface area (Å²) in [5.41, 5.74) is 1.03. The van der Waals surface area contributed by atoms with Crippen molar-refractivity contribution in [1.29, 1.82) is 0 Å². The van der Waals surface area contributed by atoms with Gasteiger partial charge in [-0.15, -0.1) is 11.3 Å². The summed E-state index contributed by atoms with van der Waals surface area (Å²) >= 11 is 1.69. The second-order valence-corrected chi connectivity index (χ2v) is 6.88. The lowest BCUT2D eigenvalue weighted by molar-refractivity contribution is -0.132. The third-order valence-electron chi connectivity index (χ3n) is 4.08. The van der Waals surface area contributed by atoms with Gasteiger partial charge in [0.15, 0.2) is 0 Å². The number of thiophene rings is 1. The molecule has 2 heterocycles. The number of carbonyl (C=O) groups excluding carboxylic acids is 1. The number of benzene rings is 1. The maximum Gasteiger partial charge on any atom is 0.222 e. The van der Waals surface area contributed by atoms with Crippen LogP contribution in [0.5, 0.6) is 0 Å². The van der Waals surface area contributed by atoms with E-state index in [-0.39, 0.29) is 11.7 Å². The van der Waals surface area contributed by atoms with E-state index in [0.29, 0.717) is 6.42 Å². The average Bonchev–Trinajstić information content (AvgIpc) is 3.03. The summed E-state index contributed by atoms with van der Waals surface area (Å²) in [7, 11) is 0. The Balaban J connectivity index is 1.57. The molecule has 1 fully saturated rings. The third kappa shape index (κ3) is 3.74. The maximum absolute atomic E-state index is 13.0. The van der Waals surface area contributed by atoms with E-state index in [2.05, 4.69) is 12.1 Å². The Labute approximate surface area is 134 Å². The van der Waals surface area contributed by atoms with E-state index >= 15 is 0 Å². The zero-order chi connectivity index (χ0) is 15.4. The quantitative estimate of drug-likeness (QED) is 0.813. The van der Waals surface area contributed by atoms with Crippen molar-refractivity contribution in [1.82, 2.24) is 4.90 Å². The lowest BCUT2D eigenvalue weighted by Crippen LogP contribution is -2.35. The molecule has 116 valence electrons. The van der Waals surface area contributed by atoms with E-state index in [1.165, 1.54) is 23.4 Å². The van der Waals surface area contributed by atoms with Gasteiger partial charge in [0, 0.05) is 29.3 Å². The monoisotopic (exact) mass is 317 g/mol. The van der Waals surface area contributed by atoms with Crippen LogP contribution in [-0.4, -0.2) is 23.9 Å². The van der Waals surface area contributed by atoms with E-state index in [1.54, 1.807) is 23.5 Å². The number of hydrogen-bond acceptors (Lipinski definition) is 2. The Kier molecular flexibility index (Phi) is 4.88. The van der Waals surface area contributed by atoms with Crippen molar-refractivity contribution in [3.8, 4) is 10.4 Å². The number of hydrogen-bond donors (Lipinski definition) is 0. The number of carbonyl (C=O) groups is 1. The highest BCUT2D eigenvalue weighted by Gasteiger charge is 2.16. The van der Waals surface area contributed by atoms with Crippen LogP contribution in [0.1, 0.15) is 30.6 Å². The lowest BCUT2D eigenvalue weighted by Gasteiger charge is -2.26. The van der Waals surface area contributed by atoms with Gasteiger partial charge in [-0.3, -0.25) is 4.79 Å². The van der Waals surface area contributed by atoms with Crippen molar-refractivity contribution in [2.24, 2.45) is 0 Å². The Bertz CT molecular complexity index is 629. The molecule has 0 atom stereocenters. The fraction of sp³-hybridized carbons (Fsp3) is 0.389. The highest BCUT2D eigenvalue weighted by molar-refractivity contribution is 7.15. The van der Waals surface area contributed by atoms with E-state index < -0.39 is 0 Å². The fourth-order valence-corrected chi connectivity index (χ4v) is 3.83. The smallest absolute Gasteiger partial charge is 0.222 e. The van der Waals surface area contributed by atoms with E-state index in [4.69, 9.17) is 0 Å². The van der Waals surface area contributed by atoms with Crippen LogP contribution in [0.2, 0.25) is 0 Å². The molecule has 0 N–H and O–H groups in total. The number of amides is 1. The molecular weight excluding hydrogens is 297 g/mol. The molecule has 4 heteroatoms. The van der Waals surface area contributed by atoms with Crippen LogP contribution in [0.3, 0.4) is 0 Å². The SMILES string of the molecule is O=C(CCc1ccc(-c2ccc(F)cc2)s1)N1CCCCC1. The van der Waals surface area contributed by atoms with Gasteiger partial charge in [0.2, 0.25) is 5.91 Å². The van der Waals surface area contributed by atoms with Crippen molar-refractivity contribution < 1.29 is 9.18 Å².